The summed E-state index contributed by atoms with van der Waals surface area (Å²) in [7, 11) is 0. The van der Waals surface area contributed by atoms with Crippen molar-refractivity contribution in [2.45, 2.75) is 34.6 Å². The topological polar surface area (TPSA) is 17.8 Å². The van der Waals surface area contributed by atoms with Gasteiger partial charge in [-0.1, -0.05) is 53.0 Å². The Hall–Kier alpha value is -1.57. The van der Waals surface area contributed by atoms with Gasteiger partial charge in [0, 0.05) is 6.20 Å². The number of hydrogen-bond donors (Lipinski definition) is 0. The highest BCUT2D eigenvalue weighted by Gasteiger charge is 1.93. The third kappa shape index (κ3) is 6.82. The second-order valence-corrected chi connectivity index (χ2v) is 2.55. The fourth-order valence-electron chi connectivity index (χ4n) is 0.825. The van der Waals surface area contributed by atoms with Gasteiger partial charge in [0.1, 0.15) is 0 Å². The molecular formula is C14H24N2. The second kappa shape index (κ2) is 11.5. The molecule has 0 amide bonds. The molecule has 0 aromatic carbocycles. The van der Waals surface area contributed by atoms with Gasteiger partial charge in [0.05, 0.1) is 11.9 Å². The average molecular weight is 220 g/mol. The van der Waals surface area contributed by atoms with Crippen molar-refractivity contribution in [1.29, 1.82) is 0 Å². The lowest BCUT2D eigenvalue weighted by Crippen LogP contribution is -1.92. The van der Waals surface area contributed by atoms with Crippen LogP contribution in [-0.2, 0) is 0 Å². The van der Waals surface area contributed by atoms with E-state index in [9.17, 15) is 0 Å². The number of nitrogens with zero attached hydrogens (tertiary/aromatic N) is 2. The van der Waals surface area contributed by atoms with Gasteiger partial charge < -0.3 is 0 Å². The van der Waals surface area contributed by atoms with Crippen LogP contribution in [-0.4, -0.2) is 9.78 Å². The maximum absolute atomic E-state index is 4.10. The van der Waals surface area contributed by atoms with Gasteiger partial charge in [-0.05, 0) is 18.6 Å². The Morgan fingerprint density at radius 3 is 2.25 bits per heavy atom. The van der Waals surface area contributed by atoms with Gasteiger partial charge in [-0.3, -0.25) is 0 Å². The van der Waals surface area contributed by atoms with Crippen LogP contribution in [0.1, 0.15) is 33.3 Å². The Bertz CT molecular complexity index is 319. The normalized spacial score (nSPS) is 8.56. The molecule has 90 valence electrons. The molecule has 0 saturated carbocycles. The molecule has 1 aromatic rings. The monoisotopic (exact) mass is 220 g/mol. The standard InChI is InChI=1S/C10H12N2.2C2H6/c1-4-5-6-10(3)12-8-9(2)7-11-12;2*1-2/h4-8H,1,3H2,2H3;2*1-2H3/b6-5-;;. The lowest BCUT2D eigenvalue weighted by molar-refractivity contribution is 0.912. The van der Waals surface area contributed by atoms with E-state index in [4.69, 9.17) is 0 Å². The summed E-state index contributed by atoms with van der Waals surface area (Å²) in [5, 5.41) is 4.10. The Balaban J connectivity index is 0. The lowest BCUT2D eigenvalue weighted by atomic mass is 10.4. The number of allylic oxidation sites excluding steroid dienone is 4. The van der Waals surface area contributed by atoms with Crippen LogP contribution in [0.5, 0.6) is 0 Å². The average Bonchev–Trinajstić information content (AvgIpc) is 2.78. The first kappa shape index (κ1) is 16.8. The molecule has 0 radical (unpaired) electrons. The highest BCUT2D eigenvalue weighted by molar-refractivity contribution is 5.53. The molecule has 16 heavy (non-hydrogen) atoms. The summed E-state index contributed by atoms with van der Waals surface area (Å²) >= 11 is 0. The molecule has 0 saturated heterocycles. The molecule has 0 bridgehead atoms. The Kier molecular flexibility index (Phi) is 12.1. The van der Waals surface area contributed by atoms with E-state index in [-0.39, 0.29) is 0 Å². The van der Waals surface area contributed by atoms with E-state index in [1.165, 1.54) is 0 Å². The zero-order chi connectivity index (χ0) is 13.0. The van der Waals surface area contributed by atoms with E-state index < -0.39 is 0 Å². The summed E-state index contributed by atoms with van der Waals surface area (Å²) in [6, 6.07) is 0. The van der Waals surface area contributed by atoms with Crippen LogP contribution in [0.25, 0.3) is 5.70 Å². The molecule has 0 fully saturated rings. The predicted molar refractivity (Wildman–Crippen MR) is 74.3 cm³/mol. The maximum atomic E-state index is 4.10. The van der Waals surface area contributed by atoms with Crippen molar-refractivity contribution in [3.63, 3.8) is 0 Å². The molecule has 1 rings (SSSR count). The molecule has 0 N–H and O–H groups in total. The van der Waals surface area contributed by atoms with Crippen molar-refractivity contribution in [2.75, 3.05) is 0 Å². The van der Waals surface area contributed by atoms with Crippen LogP contribution >= 0.6 is 0 Å². The minimum Gasteiger partial charge on any atom is -0.241 e. The Morgan fingerprint density at radius 2 is 1.88 bits per heavy atom. The number of hydrogen-bond acceptors (Lipinski definition) is 1. The maximum Gasteiger partial charge on any atom is 0.0573 e. The molecule has 0 aliphatic heterocycles. The third-order valence-corrected chi connectivity index (χ3v) is 1.43. The quantitative estimate of drug-likeness (QED) is 0.688. The van der Waals surface area contributed by atoms with E-state index in [1.807, 2.05) is 53.0 Å². The van der Waals surface area contributed by atoms with Crippen molar-refractivity contribution in [1.82, 2.24) is 9.78 Å². The zero-order valence-electron chi connectivity index (χ0n) is 11.2. The van der Waals surface area contributed by atoms with E-state index in [0.29, 0.717) is 0 Å². The predicted octanol–water partition coefficient (Wildman–Crippen LogP) is 4.46. The van der Waals surface area contributed by atoms with Crippen molar-refractivity contribution in [3.05, 3.63) is 49.3 Å². The van der Waals surface area contributed by atoms with Crippen LogP contribution in [0.2, 0.25) is 0 Å². The van der Waals surface area contributed by atoms with E-state index in [2.05, 4.69) is 18.3 Å². The fourth-order valence-corrected chi connectivity index (χ4v) is 0.825. The highest BCUT2D eigenvalue weighted by atomic mass is 15.3. The summed E-state index contributed by atoms with van der Waals surface area (Å²) < 4.78 is 1.73. The zero-order valence-corrected chi connectivity index (χ0v) is 11.2. The summed E-state index contributed by atoms with van der Waals surface area (Å²) in [5.41, 5.74) is 1.96. The minimum atomic E-state index is 0.836. The van der Waals surface area contributed by atoms with Crippen molar-refractivity contribution in [2.24, 2.45) is 0 Å². The van der Waals surface area contributed by atoms with Crippen LogP contribution in [0.3, 0.4) is 0 Å². The van der Waals surface area contributed by atoms with Crippen LogP contribution in [0.4, 0.5) is 0 Å². The molecule has 2 heteroatoms. The smallest absolute Gasteiger partial charge is 0.0573 e. The molecule has 1 heterocycles. The molecule has 0 aliphatic carbocycles. The number of aryl methyl sites for hydroxylation is 1. The van der Waals surface area contributed by atoms with E-state index in [0.717, 1.165) is 11.3 Å². The van der Waals surface area contributed by atoms with Gasteiger partial charge in [0.15, 0.2) is 0 Å². The Morgan fingerprint density at radius 1 is 1.31 bits per heavy atom. The van der Waals surface area contributed by atoms with Gasteiger partial charge in [-0.15, -0.1) is 0 Å². The van der Waals surface area contributed by atoms with Gasteiger partial charge in [-0.2, -0.15) is 5.10 Å². The molecule has 0 spiro atoms. The molecule has 1 aromatic heterocycles. The highest BCUT2D eigenvalue weighted by Crippen LogP contribution is 2.03. The molecule has 0 unspecified atom stereocenters. The van der Waals surface area contributed by atoms with Gasteiger partial charge in [0.25, 0.3) is 0 Å². The van der Waals surface area contributed by atoms with Gasteiger partial charge in [0.2, 0.25) is 0 Å². The van der Waals surface area contributed by atoms with Crippen LogP contribution in [0, 0.1) is 6.92 Å². The summed E-state index contributed by atoms with van der Waals surface area (Å²) in [6.07, 6.45) is 9.13. The largest absolute Gasteiger partial charge is 0.241 e. The van der Waals surface area contributed by atoms with Crippen molar-refractivity contribution >= 4 is 5.70 Å². The van der Waals surface area contributed by atoms with Crippen molar-refractivity contribution in [3.8, 4) is 0 Å². The van der Waals surface area contributed by atoms with Crippen LogP contribution < -0.4 is 0 Å². The first-order chi connectivity index (χ1) is 7.74. The van der Waals surface area contributed by atoms with Gasteiger partial charge >= 0.3 is 0 Å². The number of rotatable bonds is 3. The minimum absolute atomic E-state index is 0.836. The van der Waals surface area contributed by atoms with Crippen molar-refractivity contribution < 1.29 is 0 Å². The molecule has 2 nitrogen and oxygen atoms in total. The fraction of sp³-hybridized carbons (Fsp3) is 0.357. The molecule has 0 atom stereocenters. The van der Waals surface area contributed by atoms with Crippen LogP contribution in [0.15, 0.2) is 43.8 Å². The van der Waals surface area contributed by atoms with E-state index in [1.54, 1.807) is 17.0 Å². The third-order valence-electron chi connectivity index (χ3n) is 1.43. The summed E-state index contributed by atoms with van der Waals surface area (Å²) in [5.74, 6) is 0. The number of aromatic nitrogens is 2. The second-order valence-electron chi connectivity index (χ2n) is 2.55. The summed E-state index contributed by atoms with van der Waals surface area (Å²) in [6.45, 7) is 17.4. The molecule has 0 aliphatic rings. The SMILES string of the molecule is C=C/C=C\C(=C)n1cc(C)cn1.CC.CC. The first-order valence-corrected chi connectivity index (χ1v) is 5.73. The van der Waals surface area contributed by atoms with Gasteiger partial charge in [-0.25, -0.2) is 4.68 Å². The van der Waals surface area contributed by atoms with E-state index >= 15 is 0 Å². The summed E-state index contributed by atoms with van der Waals surface area (Å²) in [4.78, 5) is 0. The Labute approximate surface area is 100.0 Å². The lowest BCUT2D eigenvalue weighted by Gasteiger charge is -1.96. The first-order valence-electron chi connectivity index (χ1n) is 5.73. The molecular weight excluding hydrogens is 196 g/mol.